The Bertz CT molecular complexity index is 2380. The number of rotatable bonds is 4. The molecule has 0 aliphatic carbocycles. The van der Waals surface area contributed by atoms with Gasteiger partial charge in [0.15, 0.2) is 0 Å². The molecule has 0 bridgehead atoms. The minimum absolute atomic E-state index is 0.910. The number of H-pyrrole nitrogens is 1. The van der Waals surface area contributed by atoms with Gasteiger partial charge in [0.1, 0.15) is 22.7 Å². The van der Waals surface area contributed by atoms with E-state index in [0.29, 0.717) is 0 Å². The number of aromatic amines is 1. The largest absolute Gasteiger partial charge is 0.346 e. The lowest BCUT2D eigenvalue weighted by Crippen LogP contribution is -1.94. The molecule has 10 rings (SSSR count). The second kappa shape index (κ2) is 11.2. The molecule has 10 heterocycles. The van der Waals surface area contributed by atoms with Gasteiger partial charge in [0.05, 0.1) is 11.4 Å². The van der Waals surface area contributed by atoms with Gasteiger partial charge in [0, 0.05) is 90.6 Å². The Hall–Kier alpha value is -5.90. The summed E-state index contributed by atoms with van der Waals surface area (Å²) in [5, 5.41) is 12.0. The Labute approximate surface area is 270 Å². The smallest absolute Gasteiger partial charge is 0.140 e. The number of aromatic nitrogens is 10. The Kier molecular flexibility index (Phi) is 6.51. The molecule has 0 aromatic carbocycles. The molecule has 10 heteroatoms. The van der Waals surface area contributed by atoms with Crippen LogP contribution in [0.25, 0.3) is 67.1 Å². The Morgan fingerprint density at radius 2 is 1.23 bits per heavy atom. The van der Waals surface area contributed by atoms with Gasteiger partial charge in [-0.1, -0.05) is 12.1 Å². The van der Waals surface area contributed by atoms with Crippen molar-refractivity contribution >= 4 is 22.1 Å². The van der Waals surface area contributed by atoms with Crippen molar-refractivity contribution in [2.75, 3.05) is 0 Å². The molecule has 0 radical (unpaired) electrons. The molecule has 0 atom stereocenters. The quantitative estimate of drug-likeness (QED) is 0.231. The van der Waals surface area contributed by atoms with Crippen LogP contribution < -0.4 is 0 Å². The van der Waals surface area contributed by atoms with Crippen LogP contribution in [0.15, 0.2) is 97.8 Å². The summed E-state index contributed by atoms with van der Waals surface area (Å²) in [7, 11) is 2.03. The standard InChI is InChI=1S/C19H17N5.C18H15N5/c1-23-12-8-14-13(7-10-21-19(14)23)17-16-6-4-11-24(16)22-18(17)15-5-2-3-9-20-15;1-2-8-19-14(4-1)17-16(15-5-3-11-23(15)22-17)12-6-9-20-18-13(12)7-10-21-18/h2-3,5,7-10,12H,4,6,11H2,1H3;1-2,4,6-10H,3,5,11H2,(H,20,21). The highest BCUT2D eigenvalue weighted by atomic mass is 15.3. The predicted molar refractivity (Wildman–Crippen MR) is 182 cm³/mol. The minimum atomic E-state index is 0.910. The predicted octanol–water partition coefficient (Wildman–Crippen LogP) is 6.88. The summed E-state index contributed by atoms with van der Waals surface area (Å²) in [4.78, 5) is 21.2. The lowest BCUT2D eigenvalue weighted by Gasteiger charge is -2.07. The first-order valence-electron chi connectivity index (χ1n) is 16.1. The Balaban J connectivity index is 0.000000129. The lowest BCUT2D eigenvalue weighted by atomic mass is 9.98. The second-order valence-electron chi connectivity index (χ2n) is 12.0. The molecule has 2 aliphatic heterocycles. The third-order valence-electron chi connectivity index (χ3n) is 9.26. The number of aryl methyl sites for hydroxylation is 3. The Morgan fingerprint density at radius 1 is 0.617 bits per heavy atom. The molecule has 0 amide bonds. The van der Waals surface area contributed by atoms with Gasteiger partial charge >= 0.3 is 0 Å². The summed E-state index contributed by atoms with van der Waals surface area (Å²) in [6, 6.07) is 20.4. The molecular weight excluding hydrogens is 584 g/mol. The van der Waals surface area contributed by atoms with Gasteiger partial charge in [-0.15, -0.1) is 0 Å². The summed E-state index contributed by atoms with van der Waals surface area (Å²) in [6.07, 6.45) is 15.8. The maximum Gasteiger partial charge on any atom is 0.140 e. The first kappa shape index (κ1) is 27.4. The topological polar surface area (TPSA) is 108 Å². The molecule has 8 aromatic heterocycles. The zero-order valence-electron chi connectivity index (χ0n) is 26.0. The number of hydrogen-bond donors (Lipinski definition) is 1. The van der Waals surface area contributed by atoms with E-state index in [9.17, 15) is 0 Å². The SMILES string of the molecule is Cn1ccc2c(-c3c(-c4ccccn4)nn4c3CCC4)ccnc21.c1ccc(-c2nn3c(c2-c2ccnc4[nH]ccc24)CCC3)nc1. The van der Waals surface area contributed by atoms with E-state index < -0.39 is 0 Å². The van der Waals surface area contributed by atoms with Crippen molar-refractivity contribution in [1.29, 1.82) is 0 Å². The highest BCUT2D eigenvalue weighted by molar-refractivity contribution is 5.99. The number of pyridine rings is 4. The summed E-state index contributed by atoms with van der Waals surface area (Å²) in [6.45, 7) is 1.97. The average Bonchev–Trinajstić information content (AvgIpc) is 3.96. The molecule has 47 heavy (non-hydrogen) atoms. The van der Waals surface area contributed by atoms with Crippen LogP contribution in [0.5, 0.6) is 0 Å². The van der Waals surface area contributed by atoms with Crippen LogP contribution >= 0.6 is 0 Å². The third-order valence-corrected chi connectivity index (χ3v) is 9.26. The van der Waals surface area contributed by atoms with E-state index in [1.807, 2.05) is 74.4 Å². The van der Waals surface area contributed by atoms with Crippen LogP contribution in [0.1, 0.15) is 24.2 Å². The van der Waals surface area contributed by atoms with Gasteiger partial charge in [-0.25, -0.2) is 9.97 Å². The molecule has 0 unspecified atom stereocenters. The molecule has 10 nitrogen and oxygen atoms in total. The van der Waals surface area contributed by atoms with Gasteiger partial charge in [0.25, 0.3) is 0 Å². The third kappa shape index (κ3) is 4.55. The van der Waals surface area contributed by atoms with Crippen molar-refractivity contribution in [2.45, 2.75) is 38.8 Å². The van der Waals surface area contributed by atoms with Crippen molar-refractivity contribution in [3.8, 4) is 45.0 Å². The molecule has 0 fully saturated rings. The van der Waals surface area contributed by atoms with Crippen LogP contribution in [-0.4, -0.2) is 49.0 Å². The minimum Gasteiger partial charge on any atom is -0.346 e. The Morgan fingerprint density at radius 3 is 1.85 bits per heavy atom. The fourth-order valence-corrected chi connectivity index (χ4v) is 7.16. The van der Waals surface area contributed by atoms with Gasteiger partial charge in [-0.3, -0.25) is 19.3 Å². The number of nitrogens with zero attached hydrogens (tertiary/aromatic N) is 9. The van der Waals surface area contributed by atoms with Crippen LogP contribution in [0.4, 0.5) is 0 Å². The number of hydrogen-bond acceptors (Lipinski definition) is 6. The van der Waals surface area contributed by atoms with E-state index in [2.05, 4.69) is 69.3 Å². The van der Waals surface area contributed by atoms with E-state index in [1.165, 1.54) is 39.0 Å². The van der Waals surface area contributed by atoms with Crippen LogP contribution in [-0.2, 0) is 33.0 Å². The van der Waals surface area contributed by atoms with Crippen LogP contribution in [0, 0.1) is 0 Å². The van der Waals surface area contributed by atoms with Crippen molar-refractivity contribution in [1.82, 2.24) is 49.0 Å². The fraction of sp³-hybridized carbons (Fsp3) is 0.189. The molecule has 8 aromatic rings. The summed E-state index contributed by atoms with van der Waals surface area (Å²) < 4.78 is 6.34. The summed E-state index contributed by atoms with van der Waals surface area (Å²) >= 11 is 0. The van der Waals surface area contributed by atoms with Gasteiger partial charge in [-0.2, -0.15) is 10.2 Å². The highest BCUT2D eigenvalue weighted by Gasteiger charge is 2.27. The molecule has 1 N–H and O–H groups in total. The monoisotopic (exact) mass is 616 g/mol. The zero-order chi connectivity index (χ0) is 31.3. The van der Waals surface area contributed by atoms with E-state index >= 15 is 0 Å². The van der Waals surface area contributed by atoms with Crippen molar-refractivity contribution in [2.24, 2.45) is 7.05 Å². The van der Waals surface area contributed by atoms with Gasteiger partial charge < -0.3 is 9.55 Å². The first-order chi connectivity index (χ1) is 23.2. The first-order valence-corrected chi connectivity index (χ1v) is 16.1. The van der Waals surface area contributed by atoms with Gasteiger partial charge in [-0.05, 0) is 85.3 Å². The molecule has 0 saturated heterocycles. The maximum absolute atomic E-state index is 4.88. The summed E-state index contributed by atoms with van der Waals surface area (Å²) in [5.74, 6) is 0. The van der Waals surface area contributed by atoms with Crippen molar-refractivity contribution in [3.05, 3.63) is 109 Å². The number of nitrogens with one attached hydrogen (secondary N) is 1. The molecule has 0 spiro atoms. The molecule has 2 aliphatic rings. The van der Waals surface area contributed by atoms with E-state index in [0.717, 1.165) is 78.2 Å². The van der Waals surface area contributed by atoms with Gasteiger partial charge in [0.2, 0.25) is 0 Å². The van der Waals surface area contributed by atoms with E-state index in [1.54, 1.807) is 0 Å². The van der Waals surface area contributed by atoms with E-state index in [4.69, 9.17) is 10.2 Å². The maximum atomic E-state index is 4.88. The number of fused-ring (bicyclic) bond motifs is 4. The molecular formula is C37H32N10. The van der Waals surface area contributed by atoms with Crippen LogP contribution in [0.3, 0.4) is 0 Å². The fourth-order valence-electron chi connectivity index (χ4n) is 7.16. The average molecular weight is 617 g/mol. The highest BCUT2D eigenvalue weighted by Crippen LogP contribution is 2.41. The molecule has 0 saturated carbocycles. The summed E-state index contributed by atoms with van der Waals surface area (Å²) in [5.41, 5.74) is 13.1. The molecule has 230 valence electrons. The lowest BCUT2D eigenvalue weighted by molar-refractivity contribution is 0.658. The zero-order valence-corrected chi connectivity index (χ0v) is 26.0. The van der Waals surface area contributed by atoms with E-state index in [-0.39, 0.29) is 0 Å². The van der Waals surface area contributed by atoms with Crippen molar-refractivity contribution in [3.63, 3.8) is 0 Å². The second-order valence-corrected chi connectivity index (χ2v) is 12.0. The van der Waals surface area contributed by atoms with Crippen molar-refractivity contribution < 1.29 is 0 Å². The normalized spacial score (nSPS) is 13.6. The van der Waals surface area contributed by atoms with Crippen LogP contribution in [0.2, 0.25) is 0 Å².